The molecule has 176 valence electrons. The second kappa shape index (κ2) is 10.2. The van der Waals surface area contributed by atoms with Gasteiger partial charge >= 0.3 is 10.2 Å². The standard InChI is InChI=1S/C22H29N7O3S/c1-2-29-25-17-21(26-29)18-6-8-20(9-7-18)32-15-5-3-4-12-27-13-14-28(33(27,30)31)19-10-11-24-22(23)16-19/h6-11,16-17H,2-5,12-15H2,1H3,(H2,23,24). The van der Waals surface area contributed by atoms with Crippen LogP contribution >= 0.6 is 0 Å². The van der Waals surface area contributed by atoms with Gasteiger partial charge in [0.15, 0.2) is 0 Å². The van der Waals surface area contributed by atoms with Gasteiger partial charge in [0.1, 0.15) is 17.3 Å². The summed E-state index contributed by atoms with van der Waals surface area (Å²) in [6.07, 6.45) is 5.79. The van der Waals surface area contributed by atoms with E-state index in [-0.39, 0.29) is 0 Å². The number of anilines is 2. The van der Waals surface area contributed by atoms with Crippen molar-refractivity contribution in [2.24, 2.45) is 0 Å². The first-order chi connectivity index (χ1) is 16.0. The topological polar surface area (TPSA) is 119 Å². The molecular formula is C22H29N7O3S. The lowest BCUT2D eigenvalue weighted by atomic mass is 10.2. The highest BCUT2D eigenvalue weighted by molar-refractivity contribution is 7.90. The van der Waals surface area contributed by atoms with Crippen LogP contribution in [0.4, 0.5) is 11.5 Å². The van der Waals surface area contributed by atoms with Crippen LogP contribution in [0.3, 0.4) is 0 Å². The molecule has 0 aliphatic carbocycles. The van der Waals surface area contributed by atoms with Crippen LogP contribution in [-0.4, -0.2) is 58.9 Å². The maximum Gasteiger partial charge on any atom is 0.304 e. The lowest BCUT2D eigenvalue weighted by Gasteiger charge is -2.20. The Labute approximate surface area is 194 Å². The van der Waals surface area contributed by atoms with Gasteiger partial charge in [0.25, 0.3) is 0 Å². The van der Waals surface area contributed by atoms with E-state index < -0.39 is 10.2 Å². The van der Waals surface area contributed by atoms with E-state index in [1.54, 1.807) is 23.1 Å². The van der Waals surface area contributed by atoms with Gasteiger partial charge in [-0.1, -0.05) is 0 Å². The van der Waals surface area contributed by atoms with Crippen molar-refractivity contribution in [1.29, 1.82) is 0 Å². The Balaban J connectivity index is 1.18. The highest BCUT2D eigenvalue weighted by Crippen LogP contribution is 2.26. The number of aryl methyl sites for hydroxylation is 1. The molecule has 0 amide bonds. The van der Waals surface area contributed by atoms with E-state index in [4.69, 9.17) is 10.5 Å². The van der Waals surface area contributed by atoms with Crippen LogP contribution < -0.4 is 14.8 Å². The Morgan fingerprint density at radius 3 is 2.64 bits per heavy atom. The summed E-state index contributed by atoms with van der Waals surface area (Å²) in [5.41, 5.74) is 8.09. The third kappa shape index (κ3) is 5.42. The maximum absolute atomic E-state index is 12.8. The Bertz CT molecular complexity index is 1160. The molecule has 2 aromatic heterocycles. The zero-order chi connectivity index (χ0) is 23.3. The number of hydrogen-bond donors (Lipinski definition) is 1. The van der Waals surface area contributed by atoms with Crippen LogP contribution in [0.1, 0.15) is 26.2 Å². The van der Waals surface area contributed by atoms with Gasteiger partial charge in [-0.25, -0.2) is 4.98 Å². The molecule has 0 bridgehead atoms. The van der Waals surface area contributed by atoms with Gasteiger partial charge in [-0.3, -0.25) is 4.31 Å². The Kier molecular flexibility index (Phi) is 7.09. The van der Waals surface area contributed by atoms with Crippen molar-refractivity contribution in [3.63, 3.8) is 0 Å². The van der Waals surface area contributed by atoms with Crippen molar-refractivity contribution in [2.75, 3.05) is 36.3 Å². The zero-order valence-electron chi connectivity index (χ0n) is 18.7. The number of ether oxygens (including phenoxy) is 1. The molecule has 2 N–H and O–H groups in total. The van der Waals surface area contributed by atoms with Gasteiger partial charge in [0.2, 0.25) is 0 Å². The molecule has 33 heavy (non-hydrogen) atoms. The van der Waals surface area contributed by atoms with Crippen molar-refractivity contribution in [3.8, 4) is 17.0 Å². The quantitative estimate of drug-likeness (QED) is 0.451. The van der Waals surface area contributed by atoms with E-state index in [0.29, 0.717) is 37.7 Å². The third-order valence-corrected chi connectivity index (χ3v) is 7.47. The van der Waals surface area contributed by atoms with Crippen LogP contribution in [0.2, 0.25) is 0 Å². The van der Waals surface area contributed by atoms with Gasteiger partial charge in [0.05, 0.1) is 25.0 Å². The summed E-state index contributed by atoms with van der Waals surface area (Å²) < 4.78 is 34.4. The molecule has 0 saturated carbocycles. The van der Waals surface area contributed by atoms with Crippen molar-refractivity contribution < 1.29 is 13.2 Å². The molecule has 0 spiro atoms. The highest BCUT2D eigenvalue weighted by Gasteiger charge is 2.36. The van der Waals surface area contributed by atoms with Gasteiger partial charge in [-0.15, -0.1) is 0 Å². The molecule has 1 aliphatic rings. The molecule has 1 saturated heterocycles. The second-order valence-electron chi connectivity index (χ2n) is 7.77. The van der Waals surface area contributed by atoms with E-state index in [1.807, 2.05) is 31.2 Å². The van der Waals surface area contributed by atoms with E-state index in [0.717, 1.165) is 42.8 Å². The monoisotopic (exact) mass is 471 g/mol. The second-order valence-corrected chi connectivity index (χ2v) is 9.62. The summed E-state index contributed by atoms with van der Waals surface area (Å²) >= 11 is 0. The van der Waals surface area contributed by atoms with Gasteiger partial charge in [0, 0.05) is 37.5 Å². The molecule has 4 rings (SSSR count). The predicted molar refractivity (Wildman–Crippen MR) is 127 cm³/mol. The first-order valence-electron chi connectivity index (χ1n) is 11.1. The van der Waals surface area contributed by atoms with E-state index >= 15 is 0 Å². The maximum atomic E-state index is 12.8. The van der Waals surface area contributed by atoms with Gasteiger partial charge in [-0.05, 0) is 56.5 Å². The predicted octanol–water partition coefficient (Wildman–Crippen LogP) is 2.56. The fourth-order valence-corrected chi connectivity index (χ4v) is 5.36. The lowest BCUT2D eigenvalue weighted by molar-refractivity contribution is 0.302. The SMILES string of the molecule is CCn1ncc(-c2ccc(OCCCCCN3CCN(c4ccnc(N)c4)S3(=O)=O)cc2)n1. The number of pyridine rings is 1. The number of nitrogens with two attached hydrogens (primary N) is 1. The van der Waals surface area contributed by atoms with Crippen LogP contribution in [0.5, 0.6) is 5.75 Å². The van der Waals surface area contributed by atoms with E-state index in [2.05, 4.69) is 15.2 Å². The smallest absolute Gasteiger partial charge is 0.304 e. The summed E-state index contributed by atoms with van der Waals surface area (Å²) in [6.45, 7) is 4.70. The lowest BCUT2D eigenvalue weighted by Crippen LogP contribution is -2.33. The summed E-state index contributed by atoms with van der Waals surface area (Å²) in [4.78, 5) is 5.58. The summed E-state index contributed by atoms with van der Waals surface area (Å²) in [6, 6.07) is 11.0. The van der Waals surface area contributed by atoms with Gasteiger partial charge < -0.3 is 10.5 Å². The zero-order valence-corrected chi connectivity index (χ0v) is 19.5. The highest BCUT2D eigenvalue weighted by atomic mass is 32.2. The molecule has 10 nitrogen and oxygen atoms in total. The van der Waals surface area contributed by atoms with Crippen LogP contribution in [0.25, 0.3) is 11.3 Å². The fourth-order valence-electron chi connectivity index (χ4n) is 3.71. The molecule has 3 heterocycles. The Hall–Kier alpha value is -3.18. The molecule has 3 aromatic rings. The van der Waals surface area contributed by atoms with Crippen molar-refractivity contribution >= 4 is 21.7 Å². The van der Waals surface area contributed by atoms with Gasteiger partial charge in [-0.2, -0.15) is 27.7 Å². The third-order valence-electron chi connectivity index (χ3n) is 5.50. The molecule has 0 unspecified atom stereocenters. The first kappa shape index (κ1) is 23.0. The number of nitrogen functional groups attached to an aromatic ring is 1. The van der Waals surface area contributed by atoms with Crippen molar-refractivity contribution in [3.05, 3.63) is 48.8 Å². The molecule has 11 heteroatoms. The van der Waals surface area contributed by atoms with Crippen molar-refractivity contribution in [2.45, 2.75) is 32.7 Å². The minimum Gasteiger partial charge on any atom is -0.494 e. The van der Waals surface area contributed by atoms with Crippen LogP contribution in [0, 0.1) is 0 Å². The Morgan fingerprint density at radius 2 is 1.91 bits per heavy atom. The van der Waals surface area contributed by atoms with Crippen LogP contribution in [0.15, 0.2) is 48.8 Å². The number of aromatic nitrogens is 4. The minimum absolute atomic E-state index is 0.306. The molecule has 1 fully saturated rings. The summed E-state index contributed by atoms with van der Waals surface area (Å²) in [5.74, 6) is 1.11. The molecule has 1 aromatic carbocycles. The molecule has 0 atom stereocenters. The van der Waals surface area contributed by atoms with Crippen molar-refractivity contribution in [1.82, 2.24) is 24.3 Å². The summed E-state index contributed by atoms with van der Waals surface area (Å²) in [7, 11) is -3.52. The molecule has 0 radical (unpaired) electrons. The van der Waals surface area contributed by atoms with E-state index in [9.17, 15) is 8.42 Å². The minimum atomic E-state index is -3.52. The number of hydrogen-bond acceptors (Lipinski definition) is 7. The van der Waals surface area contributed by atoms with E-state index in [1.165, 1.54) is 14.8 Å². The number of nitrogens with zero attached hydrogens (tertiary/aromatic N) is 6. The van der Waals surface area contributed by atoms with Crippen LogP contribution in [-0.2, 0) is 16.8 Å². The normalized spacial score (nSPS) is 15.7. The number of benzene rings is 1. The summed E-state index contributed by atoms with van der Waals surface area (Å²) in [5, 5.41) is 8.59. The average molecular weight is 472 g/mol. The largest absolute Gasteiger partial charge is 0.494 e. The molecular weight excluding hydrogens is 442 g/mol. The Morgan fingerprint density at radius 1 is 1.09 bits per heavy atom. The molecule has 1 aliphatic heterocycles. The first-order valence-corrected chi connectivity index (χ1v) is 12.5. The fraction of sp³-hybridized carbons (Fsp3) is 0.409. The number of rotatable bonds is 10. The average Bonchev–Trinajstić information content (AvgIpc) is 3.40. The number of unbranched alkanes of at least 4 members (excludes halogenated alkanes) is 2.